The number of nitrogens with two attached hydrogens (primary N) is 1. The molecule has 0 aromatic heterocycles. The van der Waals surface area contributed by atoms with Crippen LogP contribution in [0.4, 0.5) is 0 Å². The third kappa shape index (κ3) is 2.35. The summed E-state index contributed by atoms with van der Waals surface area (Å²) in [5.41, 5.74) is 7.16. The Morgan fingerprint density at radius 3 is 3.09 bits per heavy atom. The van der Waals surface area contributed by atoms with Crippen LogP contribution < -0.4 is 5.73 Å². The zero-order chi connectivity index (χ0) is 8.10. The minimum Gasteiger partial charge on any atom is -0.324 e. The standard InChI is InChI=1S/C10H15N/c1-2-6-9-7-4-3-5-8-10(9)11/h2-3,5-7,10H,4,8,11H2,1H3/b6-2+. The molecule has 11 heavy (non-hydrogen) atoms. The SMILES string of the molecule is C/C=C/C1=CCC=CCC1N. The molecule has 0 saturated carbocycles. The molecular formula is C10H15N. The van der Waals surface area contributed by atoms with E-state index in [9.17, 15) is 0 Å². The van der Waals surface area contributed by atoms with Gasteiger partial charge in [-0.25, -0.2) is 0 Å². The van der Waals surface area contributed by atoms with Crippen LogP contribution in [0, 0.1) is 0 Å². The summed E-state index contributed by atoms with van der Waals surface area (Å²) in [6, 6.07) is 0.199. The van der Waals surface area contributed by atoms with Gasteiger partial charge in [-0.3, -0.25) is 0 Å². The van der Waals surface area contributed by atoms with Crippen LogP contribution in [0.15, 0.2) is 36.0 Å². The van der Waals surface area contributed by atoms with Gasteiger partial charge in [-0.2, -0.15) is 0 Å². The summed E-state index contributed by atoms with van der Waals surface area (Å²) in [4.78, 5) is 0. The predicted molar refractivity (Wildman–Crippen MR) is 49.2 cm³/mol. The fraction of sp³-hybridized carbons (Fsp3) is 0.400. The van der Waals surface area contributed by atoms with Gasteiger partial charge in [0.05, 0.1) is 0 Å². The first kappa shape index (κ1) is 8.28. The lowest BCUT2D eigenvalue weighted by Crippen LogP contribution is -2.20. The minimum atomic E-state index is 0.199. The number of hydrogen-bond acceptors (Lipinski definition) is 1. The second kappa shape index (κ2) is 4.14. The van der Waals surface area contributed by atoms with Gasteiger partial charge >= 0.3 is 0 Å². The zero-order valence-electron chi connectivity index (χ0n) is 6.96. The Bertz CT molecular complexity index is 199. The second-order valence-corrected chi connectivity index (χ2v) is 2.75. The highest BCUT2D eigenvalue weighted by molar-refractivity contribution is 5.27. The average Bonchev–Trinajstić information content (AvgIpc) is 2.18. The summed E-state index contributed by atoms with van der Waals surface area (Å²) < 4.78 is 0. The molecule has 60 valence electrons. The average molecular weight is 149 g/mol. The van der Waals surface area contributed by atoms with E-state index in [4.69, 9.17) is 5.73 Å². The van der Waals surface area contributed by atoms with Crippen molar-refractivity contribution in [3.05, 3.63) is 36.0 Å². The Morgan fingerprint density at radius 2 is 2.36 bits per heavy atom. The van der Waals surface area contributed by atoms with E-state index in [1.54, 1.807) is 0 Å². The summed E-state index contributed by atoms with van der Waals surface area (Å²) in [5.74, 6) is 0. The third-order valence-electron chi connectivity index (χ3n) is 1.83. The highest BCUT2D eigenvalue weighted by Crippen LogP contribution is 2.12. The van der Waals surface area contributed by atoms with Gasteiger partial charge in [0.1, 0.15) is 0 Å². The molecule has 0 amide bonds. The lowest BCUT2D eigenvalue weighted by Gasteiger charge is -2.08. The fourth-order valence-corrected chi connectivity index (χ4v) is 1.21. The van der Waals surface area contributed by atoms with Crippen molar-refractivity contribution >= 4 is 0 Å². The van der Waals surface area contributed by atoms with Gasteiger partial charge in [0, 0.05) is 6.04 Å². The lowest BCUT2D eigenvalue weighted by molar-refractivity contribution is 0.805. The van der Waals surface area contributed by atoms with Gasteiger partial charge in [-0.15, -0.1) is 0 Å². The van der Waals surface area contributed by atoms with Crippen molar-refractivity contribution in [3.63, 3.8) is 0 Å². The van der Waals surface area contributed by atoms with E-state index in [2.05, 4.69) is 24.3 Å². The molecule has 0 heterocycles. The topological polar surface area (TPSA) is 26.0 Å². The molecule has 0 aromatic rings. The van der Waals surface area contributed by atoms with Crippen molar-refractivity contribution < 1.29 is 0 Å². The molecule has 0 radical (unpaired) electrons. The van der Waals surface area contributed by atoms with E-state index in [0.29, 0.717) is 0 Å². The van der Waals surface area contributed by atoms with Crippen LogP contribution in [-0.4, -0.2) is 6.04 Å². The van der Waals surface area contributed by atoms with Crippen LogP contribution in [0.5, 0.6) is 0 Å². The molecule has 2 N–H and O–H groups in total. The Morgan fingerprint density at radius 1 is 1.55 bits per heavy atom. The van der Waals surface area contributed by atoms with Gasteiger partial charge in [-0.05, 0) is 25.3 Å². The van der Waals surface area contributed by atoms with Crippen LogP contribution in [-0.2, 0) is 0 Å². The van der Waals surface area contributed by atoms with Crippen LogP contribution >= 0.6 is 0 Å². The van der Waals surface area contributed by atoms with Crippen molar-refractivity contribution in [2.45, 2.75) is 25.8 Å². The Hall–Kier alpha value is -0.820. The molecule has 0 aromatic carbocycles. The van der Waals surface area contributed by atoms with Crippen LogP contribution in [0.3, 0.4) is 0 Å². The van der Waals surface area contributed by atoms with Gasteiger partial charge in [0.2, 0.25) is 0 Å². The highest BCUT2D eigenvalue weighted by atomic mass is 14.6. The Balaban J connectivity index is 2.69. The largest absolute Gasteiger partial charge is 0.324 e. The highest BCUT2D eigenvalue weighted by Gasteiger charge is 2.05. The number of allylic oxidation sites excluding steroid dienone is 3. The maximum Gasteiger partial charge on any atom is 0.0326 e. The van der Waals surface area contributed by atoms with E-state index < -0.39 is 0 Å². The van der Waals surface area contributed by atoms with Crippen molar-refractivity contribution in [1.82, 2.24) is 0 Å². The van der Waals surface area contributed by atoms with Crippen molar-refractivity contribution in [1.29, 1.82) is 0 Å². The van der Waals surface area contributed by atoms with Gasteiger partial charge in [0.25, 0.3) is 0 Å². The second-order valence-electron chi connectivity index (χ2n) is 2.75. The fourth-order valence-electron chi connectivity index (χ4n) is 1.21. The number of rotatable bonds is 1. The first-order valence-electron chi connectivity index (χ1n) is 4.08. The van der Waals surface area contributed by atoms with Gasteiger partial charge < -0.3 is 5.73 Å². The normalized spacial score (nSPS) is 25.3. The molecule has 1 aliphatic carbocycles. The minimum absolute atomic E-state index is 0.199. The quantitative estimate of drug-likeness (QED) is 0.568. The first-order valence-corrected chi connectivity index (χ1v) is 4.08. The molecule has 1 atom stereocenters. The smallest absolute Gasteiger partial charge is 0.0326 e. The van der Waals surface area contributed by atoms with Crippen molar-refractivity contribution in [2.75, 3.05) is 0 Å². The maximum absolute atomic E-state index is 5.89. The molecule has 1 rings (SSSR count). The number of hydrogen-bond donors (Lipinski definition) is 1. The van der Waals surface area contributed by atoms with Crippen LogP contribution in [0.1, 0.15) is 19.8 Å². The molecule has 1 unspecified atom stereocenters. The van der Waals surface area contributed by atoms with Crippen LogP contribution in [0.2, 0.25) is 0 Å². The third-order valence-corrected chi connectivity index (χ3v) is 1.83. The Kier molecular flexibility index (Phi) is 3.12. The van der Waals surface area contributed by atoms with E-state index in [1.165, 1.54) is 5.57 Å². The van der Waals surface area contributed by atoms with Crippen LogP contribution in [0.25, 0.3) is 0 Å². The van der Waals surface area contributed by atoms with Gasteiger partial charge in [0.15, 0.2) is 0 Å². The summed E-state index contributed by atoms with van der Waals surface area (Å²) in [6.45, 7) is 2.02. The van der Waals surface area contributed by atoms with E-state index in [-0.39, 0.29) is 6.04 Å². The maximum atomic E-state index is 5.89. The van der Waals surface area contributed by atoms with E-state index in [1.807, 2.05) is 13.0 Å². The molecule has 1 heteroatoms. The predicted octanol–water partition coefficient (Wildman–Crippen LogP) is 2.17. The lowest BCUT2D eigenvalue weighted by atomic mass is 10.1. The van der Waals surface area contributed by atoms with E-state index >= 15 is 0 Å². The molecule has 0 bridgehead atoms. The monoisotopic (exact) mass is 149 g/mol. The first-order chi connectivity index (χ1) is 5.34. The molecule has 0 fully saturated rings. The molecule has 0 aliphatic heterocycles. The summed E-state index contributed by atoms with van der Waals surface area (Å²) in [7, 11) is 0. The zero-order valence-corrected chi connectivity index (χ0v) is 6.96. The summed E-state index contributed by atoms with van der Waals surface area (Å²) in [5, 5.41) is 0. The van der Waals surface area contributed by atoms with Crippen molar-refractivity contribution in [3.8, 4) is 0 Å². The van der Waals surface area contributed by atoms with E-state index in [0.717, 1.165) is 12.8 Å². The Labute approximate surface area is 68.3 Å². The summed E-state index contributed by atoms with van der Waals surface area (Å²) >= 11 is 0. The molecule has 1 aliphatic rings. The van der Waals surface area contributed by atoms with Gasteiger partial charge in [-0.1, -0.05) is 30.4 Å². The molecule has 0 spiro atoms. The molecular weight excluding hydrogens is 134 g/mol. The molecule has 0 saturated heterocycles. The van der Waals surface area contributed by atoms with Crippen molar-refractivity contribution in [2.24, 2.45) is 5.73 Å². The summed E-state index contributed by atoms with van der Waals surface area (Å²) in [6.07, 6.45) is 12.6. The molecule has 1 nitrogen and oxygen atoms in total.